The molecule has 16 heteroatoms. The van der Waals surface area contributed by atoms with Crippen LogP contribution in [0.5, 0.6) is 5.75 Å². The average molecular weight is 638 g/mol. The lowest BCUT2D eigenvalue weighted by Gasteiger charge is -2.29. The van der Waals surface area contributed by atoms with Crippen molar-refractivity contribution in [3.8, 4) is 5.75 Å². The third kappa shape index (κ3) is 6.37. The molecule has 0 amide bonds. The number of rotatable bonds is 11. The highest BCUT2D eigenvalue weighted by molar-refractivity contribution is 7.52. The Hall–Kier alpha value is -3.39. The van der Waals surface area contributed by atoms with Gasteiger partial charge in [0.15, 0.2) is 28.9 Å². The molecular formula is C28H38F2N7O6P. The Morgan fingerprint density at radius 2 is 1.89 bits per heavy atom. The molecule has 0 spiro atoms. The summed E-state index contributed by atoms with van der Waals surface area (Å²) in [6.45, 7) is 7.75. The topological polar surface area (TPSA) is 156 Å². The fourth-order valence-corrected chi connectivity index (χ4v) is 6.78. The van der Waals surface area contributed by atoms with Crippen molar-refractivity contribution in [2.24, 2.45) is 5.92 Å². The van der Waals surface area contributed by atoms with Crippen molar-refractivity contribution in [3.63, 3.8) is 0 Å². The summed E-state index contributed by atoms with van der Waals surface area (Å²) in [6.07, 6.45) is 1.29. The van der Waals surface area contributed by atoms with Gasteiger partial charge >= 0.3 is 13.7 Å². The number of halogens is 2. The lowest BCUT2D eigenvalue weighted by Crippen LogP contribution is -2.41. The van der Waals surface area contributed by atoms with E-state index in [1.807, 2.05) is 4.90 Å². The molecule has 2 aliphatic heterocycles. The van der Waals surface area contributed by atoms with Crippen molar-refractivity contribution in [3.05, 3.63) is 36.7 Å². The van der Waals surface area contributed by atoms with Crippen molar-refractivity contribution < 1.29 is 36.7 Å². The molecule has 2 saturated heterocycles. The van der Waals surface area contributed by atoms with Gasteiger partial charge in [0, 0.05) is 13.1 Å². The summed E-state index contributed by atoms with van der Waals surface area (Å²) in [5.41, 5.74) is 4.26. The van der Waals surface area contributed by atoms with Crippen molar-refractivity contribution >= 4 is 36.6 Å². The molecule has 4 heterocycles. The van der Waals surface area contributed by atoms with Crippen LogP contribution in [-0.2, 0) is 23.4 Å². The number of esters is 1. The van der Waals surface area contributed by atoms with Gasteiger partial charge in [-0.05, 0) is 52.7 Å². The number of fused-ring (bicyclic) bond motifs is 1. The number of nitrogens with one attached hydrogen (secondary N) is 1. The molecule has 3 aromatic rings. The fourth-order valence-electron chi connectivity index (χ4n) is 5.27. The monoisotopic (exact) mass is 637 g/mol. The minimum absolute atomic E-state index is 0.0437. The summed E-state index contributed by atoms with van der Waals surface area (Å²) in [6, 6.07) is 6.85. The molecule has 1 aromatic carbocycles. The number of aromatic nitrogens is 4. The molecule has 13 nitrogen and oxygen atoms in total. The van der Waals surface area contributed by atoms with Gasteiger partial charge in [0.05, 0.1) is 18.3 Å². The highest BCUT2D eigenvalue weighted by Crippen LogP contribution is 2.55. The van der Waals surface area contributed by atoms with Crippen molar-refractivity contribution in [1.29, 1.82) is 0 Å². The third-order valence-corrected chi connectivity index (χ3v) is 9.44. The summed E-state index contributed by atoms with van der Waals surface area (Å²) in [4.78, 5) is 27.5. The fraction of sp³-hybridized carbons (Fsp3) is 0.571. The lowest BCUT2D eigenvalue weighted by atomic mass is 9.88. The second kappa shape index (κ2) is 12.2. The van der Waals surface area contributed by atoms with E-state index in [-0.39, 0.29) is 17.3 Å². The predicted octanol–water partition coefficient (Wildman–Crippen LogP) is 4.70. The third-order valence-electron chi connectivity index (χ3n) is 7.82. The highest BCUT2D eigenvalue weighted by Gasteiger charge is 2.63. The molecular weight excluding hydrogens is 599 g/mol. The minimum atomic E-state index is -4.46. The van der Waals surface area contributed by atoms with Crippen LogP contribution in [0, 0.1) is 5.92 Å². The molecule has 2 fully saturated rings. The summed E-state index contributed by atoms with van der Waals surface area (Å²) >= 11 is 0. The van der Waals surface area contributed by atoms with Gasteiger partial charge in [0.1, 0.15) is 18.4 Å². The van der Waals surface area contributed by atoms with Crippen molar-refractivity contribution in [2.45, 2.75) is 77.4 Å². The molecule has 2 aromatic heterocycles. The Morgan fingerprint density at radius 3 is 2.55 bits per heavy atom. The Bertz CT molecular complexity index is 1540. The number of carbonyl (C=O) groups excluding carboxylic acids is 1. The Morgan fingerprint density at radius 1 is 1.20 bits per heavy atom. The largest absolute Gasteiger partial charge is 0.462 e. The normalized spacial score (nSPS) is 27.5. The maximum Gasteiger partial charge on any atom is 0.459 e. The molecule has 0 radical (unpaired) electrons. The molecule has 2 aliphatic rings. The second-order valence-corrected chi connectivity index (χ2v) is 13.3. The zero-order valence-electron chi connectivity index (χ0n) is 25.3. The summed E-state index contributed by atoms with van der Waals surface area (Å²) < 4.78 is 70.3. The van der Waals surface area contributed by atoms with E-state index in [4.69, 9.17) is 24.3 Å². The van der Waals surface area contributed by atoms with Crippen LogP contribution < -0.4 is 20.2 Å². The molecule has 5 rings (SSSR count). The first-order valence-electron chi connectivity index (χ1n) is 14.5. The Kier molecular flexibility index (Phi) is 8.87. The van der Waals surface area contributed by atoms with Crippen molar-refractivity contribution in [2.75, 3.05) is 30.3 Å². The van der Waals surface area contributed by atoms with Gasteiger partial charge < -0.3 is 24.6 Å². The van der Waals surface area contributed by atoms with Gasteiger partial charge in [-0.25, -0.2) is 18.3 Å². The number of benzene rings is 1. The maximum atomic E-state index is 16.6. The number of hydrogen-bond acceptors (Lipinski definition) is 11. The van der Waals surface area contributed by atoms with Crippen LogP contribution in [0.3, 0.4) is 0 Å². The highest BCUT2D eigenvalue weighted by atomic mass is 31.2. The van der Waals surface area contributed by atoms with Crippen LogP contribution in [0.1, 0.15) is 53.7 Å². The molecule has 0 saturated carbocycles. The van der Waals surface area contributed by atoms with E-state index in [2.05, 4.69) is 20.0 Å². The maximum absolute atomic E-state index is 16.6. The Labute approximate surface area is 254 Å². The number of nitrogen functional groups attached to an aromatic ring is 1. The number of imidazole rings is 1. The minimum Gasteiger partial charge on any atom is -0.462 e. The van der Waals surface area contributed by atoms with Gasteiger partial charge in [-0.1, -0.05) is 25.1 Å². The van der Waals surface area contributed by atoms with Crippen molar-refractivity contribution in [1.82, 2.24) is 24.6 Å². The molecule has 1 unspecified atom stereocenters. The van der Waals surface area contributed by atoms with E-state index in [1.165, 1.54) is 43.8 Å². The van der Waals surface area contributed by atoms with Gasteiger partial charge in [-0.15, -0.1) is 0 Å². The first kappa shape index (κ1) is 32.0. The first-order valence-corrected chi connectivity index (χ1v) is 16.0. The standard InChI is InChI=1S/C28H38F2N7O6P/c1-17(2)41-24(38)18(3)35-44(39,43-20-11-7-6-8-12-20)40-15-28(30)19(4)27(5,29)25(42-28)37-16-32-21-22(36-13-9-10-14-36)33-26(31)34-23(21)37/h6-8,11-12,16-19,25H,9-10,13-15H2,1-5H3,(H,35,39)(H2,31,33,34)/t18-,19-,25+,27+,28+,44?/m0/s1. The first-order chi connectivity index (χ1) is 20.7. The number of anilines is 2. The quantitative estimate of drug-likeness (QED) is 0.221. The second-order valence-electron chi connectivity index (χ2n) is 11.6. The zero-order valence-corrected chi connectivity index (χ0v) is 26.2. The number of para-hydroxylation sites is 1. The summed E-state index contributed by atoms with van der Waals surface area (Å²) in [5.74, 6) is -4.34. The van der Waals surface area contributed by atoms with Gasteiger partial charge in [0.25, 0.3) is 0 Å². The summed E-state index contributed by atoms with van der Waals surface area (Å²) in [5, 5.41) is 2.50. The molecule has 44 heavy (non-hydrogen) atoms. The van der Waals surface area contributed by atoms with Crippen LogP contribution in [-0.4, -0.2) is 68.9 Å². The van der Waals surface area contributed by atoms with Crippen LogP contribution in [0.25, 0.3) is 11.2 Å². The lowest BCUT2D eigenvalue weighted by molar-refractivity contribution is -0.188. The number of ether oxygens (including phenoxy) is 2. The van der Waals surface area contributed by atoms with Crippen LogP contribution >= 0.6 is 7.75 Å². The van der Waals surface area contributed by atoms with Gasteiger partial charge in [-0.2, -0.15) is 15.1 Å². The number of carbonyl (C=O) groups is 1. The molecule has 6 atom stereocenters. The van der Waals surface area contributed by atoms with Crippen LogP contribution in [0.15, 0.2) is 36.7 Å². The summed E-state index contributed by atoms with van der Waals surface area (Å²) in [7, 11) is -4.46. The molecule has 240 valence electrons. The van der Waals surface area contributed by atoms with Crippen LogP contribution in [0.2, 0.25) is 0 Å². The van der Waals surface area contributed by atoms with Gasteiger partial charge in [0.2, 0.25) is 11.8 Å². The number of nitrogens with zero attached hydrogens (tertiary/aromatic N) is 5. The zero-order chi connectivity index (χ0) is 31.9. The molecule has 0 aliphatic carbocycles. The van der Waals surface area contributed by atoms with E-state index < -0.39 is 56.1 Å². The molecule has 0 bridgehead atoms. The van der Waals surface area contributed by atoms with E-state index in [0.29, 0.717) is 11.3 Å². The molecule has 3 N–H and O–H groups in total. The average Bonchev–Trinajstić information content (AvgIpc) is 3.68. The predicted molar refractivity (Wildman–Crippen MR) is 158 cm³/mol. The number of hydrogen-bond donors (Lipinski definition) is 2. The number of nitrogens with two attached hydrogens (primary N) is 1. The van der Waals surface area contributed by atoms with E-state index in [9.17, 15) is 9.36 Å². The smallest absolute Gasteiger partial charge is 0.459 e. The van der Waals surface area contributed by atoms with E-state index >= 15 is 8.78 Å². The van der Waals surface area contributed by atoms with Crippen LogP contribution in [0.4, 0.5) is 20.5 Å². The van der Waals surface area contributed by atoms with E-state index in [0.717, 1.165) is 25.9 Å². The Balaban J connectivity index is 1.41. The van der Waals surface area contributed by atoms with Gasteiger partial charge in [-0.3, -0.25) is 13.9 Å². The van der Waals surface area contributed by atoms with E-state index in [1.54, 1.807) is 32.0 Å². The number of alkyl halides is 2. The SMILES string of the molecule is CC(C)OC(=O)[C@H](C)NP(=O)(OC[C@@]1(F)O[C@@H](n2cnc3c(N4CCCC4)nc(N)nc32)[C@](C)(F)[C@@H]1C)Oc1ccccc1.